The maximum atomic E-state index is 12.6. The van der Waals surface area contributed by atoms with Crippen molar-refractivity contribution in [1.82, 2.24) is 10.2 Å². The SMILES string of the molecule is Cc1ccc(-c2ccc(N)c(NC(=O)N3CC4CNCC4C3)c2)cc1. The minimum atomic E-state index is -0.0536. The van der Waals surface area contributed by atoms with Crippen LogP contribution in [0.25, 0.3) is 11.1 Å². The molecule has 0 radical (unpaired) electrons. The lowest BCUT2D eigenvalue weighted by atomic mass is 10.0. The lowest BCUT2D eigenvalue weighted by molar-refractivity contribution is 0.219. The lowest BCUT2D eigenvalue weighted by Gasteiger charge is -2.19. The van der Waals surface area contributed by atoms with E-state index in [-0.39, 0.29) is 6.03 Å². The van der Waals surface area contributed by atoms with Crippen molar-refractivity contribution in [1.29, 1.82) is 0 Å². The fourth-order valence-electron chi connectivity index (χ4n) is 3.81. The number of benzene rings is 2. The van der Waals surface area contributed by atoms with Gasteiger partial charge in [0.15, 0.2) is 0 Å². The quantitative estimate of drug-likeness (QED) is 0.739. The van der Waals surface area contributed by atoms with Crippen LogP contribution in [0.2, 0.25) is 0 Å². The number of fused-ring (bicyclic) bond motifs is 1. The molecule has 0 spiro atoms. The van der Waals surface area contributed by atoms with Crippen molar-refractivity contribution < 1.29 is 4.79 Å². The van der Waals surface area contributed by atoms with Gasteiger partial charge in [-0.25, -0.2) is 4.79 Å². The summed E-state index contributed by atoms with van der Waals surface area (Å²) in [5.74, 6) is 1.17. The first-order chi connectivity index (χ1) is 12.1. The maximum absolute atomic E-state index is 12.6. The van der Waals surface area contributed by atoms with Crippen LogP contribution in [0.3, 0.4) is 0 Å². The van der Waals surface area contributed by atoms with Gasteiger partial charge in [0.05, 0.1) is 11.4 Å². The Labute approximate surface area is 148 Å². The molecule has 0 bridgehead atoms. The Bertz CT molecular complexity index is 775. The molecule has 2 aromatic rings. The largest absolute Gasteiger partial charge is 0.397 e. The number of urea groups is 1. The molecule has 4 N–H and O–H groups in total. The second kappa shape index (κ2) is 6.41. The van der Waals surface area contributed by atoms with Gasteiger partial charge in [-0.05, 0) is 42.0 Å². The molecule has 2 aliphatic rings. The summed E-state index contributed by atoms with van der Waals surface area (Å²) in [6, 6.07) is 14.1. The smallest absolute Gasteiger partial charge is 0.321 e. The van der Waals surface area contributed by atoms with E-state index >= 15 is 0 Å². The van der Waals surface area contributed by atoms with E-state index < -0.39 is 0 Å². The molecule has 130 valence electrons. The molecule has 0 aliphatic carbocycles. The van der Waals surface area contributed by atoms with E-state index in [9.17, 15) is 4.79 Å². The van der Waals surface area contributed by atoms with Crippen molar-refractivity contribution in [3.63, 3.8) is 0 Å². The van der Waals surface area contributed by atoms with Crippen LogP contribution in [0, 0.1) is 18.8 Å². The molecule has 2 atom stereocenters. The fraction of sp³-hybridized carbons (Fsp3) is 0.350. The predicted molar refractivity (Wildman–Crippen MR) is 101 cm³/mol. The molecule has 0 aromatic heterocycles. The van der Waals surface area contributed by atoms with E-state index in [4.69, 9.17) is 5.73 Å². The molecular formula is C20H24N4O. The first-order valence-electron chi connectivity index (χ1n) is 8.83. The van der Waals surface area contributed by atoms with Crippen molar-refractivity contribution in [2.45, 2.75) is 6.92 Å². The maximum Gasteiger partial charge on any atom is 0.321 e. The Morgan fingerprint density at radius 1 is 1.08 bits per heavy atom. The first kappa shape index (κ1) is 16.0. The van der Waals surface area contributed by atoms with Crippen molar-refractivity contribution in [3.8, 4) is 11.1 Å². The van der Waals surface area contributed by atoms with Crippen LogP contribution >= 0.6 is 0 Å². The Morgan fingerprint density at radius 3 is 2.40 bits per heavy atom. The number of nitrogen functional groups attached to an aromatic ring is 1. The normalized spacial score (nSPS) is 22.0. The molecule has 2 unspecified atom stereocenters. The van der Waals surface area contributed by atoms with Crippen LogP contribution in [0.5, 0.6) is 0 Å². The third-order valence-corrected chi connectivity index (χ3v) is 5.36. The third kappa shape index (κ3) is 3.20. The molecule has 4 rings (SSSR count). The van der Waals surface area contributed by atoms with Gasteiger partial charge in [0.2, 0.25) is 0 Å². The second-order valence-electron chi connectivity index (χ2n) is 7.18. The van der Waals surface area contributed by atoms with Crippen LogP contribution < -0.4 is 16.4 Å². The van der Waals surface area contributed by atoms with E-state index in [1.54, 1.807) is 0 Å². The molecule has 2 saturated heterocycles. The number of amides is 2. The molecular weight excluding hydrogens is 312 g/mol. The van der Waals surface area contributed by atoms with Crippen LogP contribution in [0.15, 0.2) is 42.5 Å². The summed E-state index contributed by atoms with van der Waals surface area (Å²) in [5, 5.41) is 6.40. The molecule has 5 nitrogen and oxygen atoms in total. The zero-order chi connectivity index (χ0) is 17.4. The molecule has 2 heterocycles. The van der Waals surface area contributed by atoms with Crippen LogP contribution in [-0.4, -0.2) is 37.1 Å². The predicted octanol–water partition coefficient (Wildman–Crippen LogP) is 2.93. The van der Waals surface area contributed by atoms with E-state index in [0.717, 1.165) is 37.3 Å². The van der Waals surface area contributed by atoms with Gasteiger partial charge in [-0.2, -0.15) is 0 Å². The number of hydrogen-bond acceptors (Lipinski definition) is 3. The van der Waals surface area contributed by atoms with E-state index in [1.807, 2.05) is 23.1 Å². The number of rotatable bonds is 2. The summed E-state index contributed by atoms with van der Waals surface area (Å²) in [6.45, 7) is 5.74. The van der Waals surface area contributed by atoms with Crippen LogP contribution in [0.1, 0.15) is 5.56 Å². The highest BCUT2D eigenvalue weighted by molar-refractivity contribution is 5.94. The number of carbonyl (C=O) groups is 1. The summed E-state index contributed by atoms with van der Waals surface area (Å²) >= 11 is 0. The van der Waals surface area contributed by atoms with Crippen molar-refractivity contribution in [2.75, 3.05) is 37.2 Å². The number of anilines is 2. The Hall–Kier alpha value is -2.53. The van der Waals surface area contributed by atoms with Gasteiger partial charge in [0, 0.05) is 26.2 Å². The number of hydrogen-bond donors (Lipinski definition) is 3. The van der Waals surface area contributed by atoms with Gasteiger partial charge < -0.3 is 21.3 Å². The molecule has 2 amide bonds. The number of aryl methyl sites for hydroxylation is 1. The van der Waals surface area contributed by atoms with E-state index in [2.05, 4.69) is 41.8 Å². The number of likely N-dealkylation sites (tertiary alicyclic amines) is 1. The molecule has 2 aromatic carbocycles. The highest BCUT2D eigenvalue weighted by Gasteiger charge is 2.38. The standard InChI is InChI=1S/C20H24N4O/c1-13-2-4-14(5-3-13)15-6-7-18(21)19(8-15)23-20(25)24-11-16-9-22-10-17(16)12-24/h2-8,16-17,22H,9-12,21H2,1H3,(H,23,25). The average molecular weight is 336 g/mol. The van der Waals surface area contributed by atoms with Gasteiger partial charge >= 0.3 is 6.03 Å². The minimum Gasteiger partial charge on any atom is -0.397 e. The first-order valence-corrected chi connectivity index (χ1v) is 8.83. The molecule has 0 saturated carbocycles. The van der Waals surface area contributed by atoms with Gasteiger partial charge in [0.1, 0.15) is 0 Å². The summed E-state index contributed by atoms with van der Waals surface area (Å²) in [4.78, 5) is 14.5. The Morgan fingerprint density at radius 2 is 1.72 bits per heavy atom. The second-order valence-corrected chi connectivity index (χ2v) is 7.18. The number of nitrogens with zero attached hydrogens (tertiary/aromatic N) is 1. The Balaban J connectivity index is 1.51. The highest BCUT2D eigenvalue weighted by Crippen LogP contribution is 2.30. The molecule has 2 aliphatic heterocycles. The molecule has 25 heavy (non-hydrogen) atoms. The molecule has 5 heteroatoms. The van der Waals surface area contributed by atoms with Crippen LogP contribution in [-0.2, 0) is 0 Å². The minimum absolute atomic E-state index is 0.0536. The van der Waals surface area contributed by atoms with Gasteiger partial charge in [-0.3, -0.25) is 0 Å². The summed E-state index contributed by atoms with van der Waals surface area (Å²) in [7, 11) is 0. The number of nitrogens with two attached hydrogens (primary N) is 1. The summed E-state index contributed by atoms with van der Waals surface area (Å²) in [5.41, 5.74) is 10.7. The lowest BCUT2D eigenvalue weighted by Crippen LogP contribution is -2.35. The highest BCUT2D eigenvalue weighted by atomic mass is 16.2. The topological polar surface area (TPSA) is 70.4 Å². The number of nitrogens with one attached hydrogen (secondary N) is 2. The summed E-state index contributed by atoms with van der Waals surface area (Å²) in [6.07, 6.45) is 0. The summed E-state index contributed by atoms with van der Waals surface area (Å²) < 4.78 is 0. The van der Waals surface area contributed by atoms with Gasteiger partial charge in [0.25, 0.3) is 0 Å². The van der Waals surface area contributed by atoms with Gasteiger partial charge in [-0.15, -0.1) is 0 Å². The fourth-order valence-corrected chi connectivity index (χ4v) is 3.81. The van der Waals surface area contributed by atoms with Gasteiger partial charge in [-0.1, -0.05) is 35.9 Å². The average Bonchev–Trinajstić information content (AvgIpc) is 3.19. The zero-order valence-corrected chi connectivity index (χ0v) is 14.5. The van der Waals surface area contributed by atoms with E-state index in [1.165, 1.54) is 5.56 Å². The van der Waals surface area contributed by atoms with E-state index in [0.29, 0.717) is 23.2 Å². The van der Waals surface area contributed by atoms with Crippen molar-refractivity contribution in [3.05, 3.63) is 48.0 Å². The van der Waals surface area contributed by atoms with Crippen LogP contribution in [0.4, 0.5) is 16.2 Å². The third-order valence-electron chi connectivity index (χ3n) is 5.36. The molecule has 2 fully saturated rings. The zero-order valence-electron chi connectivity index (χ0n) is 14.5. The number of carbonyl (C=O) groups excluding carboxylic acids is 1. The van der Waals surface area contributed by atoms with Crippen molar-refractivity contribution >= 4 is 17.4 Å². The Kier molecular flexibility index (Phi) is 4.09. The monoisotopic (exact) mass is 336 g/mol. The van der Waals surface area contributed by atoms with Crippen molar-refractivity contribution in [2.24, 2.45) is 11.8 Å².